The van der Waals surface area contributed by atoms with Crippen LogP contribution in [0.3, 0.4) is 0 Å². The Labute approximate surface area is 127 Å². The second-order valence-corrected chi connectivity index (χ2v) is 5.34. The van der Waals surface area contributed by atoms with E-state index in [0.717, 1.165) is 18.4 Å². The first-order valence-electron chi connectivity index (χ1n) is 7.20. The minimum absolute atomic E-state index is 0.0287. The molecule has 1 aliphatic carbocycles. The molecular weight excluding hydrogens is 282 g/mol. The highest BCUT2D eigenvalue weighted by molar-refractivity contribution is 6.03. The summed E-state index contributed by atoms with van der Waals surface area (Å²) in [5.74, 6) is -0.215. The number of methoxy groups -OCH3 is 1. The monoisotopic (exact) mass is 299 g/mol. The predicted octanol–water partition coefficient (Wildman–Crippen LogP) is 2.64. The number of H-pyrrole nitrogens is 1. The molecule has 1 aromatic carbocycles. The van der Waals surface area contributed by atoms with Crippen molar-refractivity contribution in [1.82, 2.24) is 10.2 Å². The highest BCUT2D eigenvalue weighted by Gasteiger charge is 2.17. The van der Waals surface area contributed by atoms with Gasteiger partial charge >= 0.3 is 5.97 Å². The van der Waals surface area contributed by atoms with Gasteiger partial charge in [-0.3, -0.25) is 9.89 Å². The van der Waals surface area contributed by atoms with Gasteiger partial charge in [-0.15, -0.1) is 0 Å². The van der Waals surface area contributed by atoms with E-state index in [9.17, 15) is 9.59 Å². The van der Waals surface area contributed by atoms with Gasteiger partial charge in [0.1, 0.15) is 0 Å². The van der Waals surface area contributed by atoms with Crippen LogP contribution < -0.4 is 5.32 Å². The molecule has 6 nitrogen and oxygen atoms in total. The largest absolute Gasteiger partial charge is 0.464 e. The Hall–Kier alpha value is -2.63. The maximum absolute atomic E-state index is 12.1. The Bertz CT molecular complexity index is 748. The number of anilines is 1. The second-order valence-electron chi connectivity index (χ2n) is 5.34. The van der Waals surface area contributed by atoms with Crippen LogP contribution in [0.15, 0.2) is 30.4 Å². The summed E-state index contributed by atoms with van der Waals surface area (Å²) in [5, 5.41) is 10.2. The molecule has 3 rings (SSSR count). The van der Waals surface area contributed by atoms with E-state index >= 15 is 0 Å². The number of carbonyl (C=O) groups is 2. The molecule has 0 spiro atoms. The van der Waals surface area contributed by atoms with Crippen LogP contribution in [0, 0.1) is 5.92 Å². The maximum atomic E-state index is 12.1. The van der Waals surface area contributed by atoms with Crippen LogP contribution in [0.4, 0.5) is 5.69 Å². The summed E-state index contributed by atoms with van der Waals surface area (Å²) in [6, 6.07) is 5.29. The molecule has 1 amide bonds. The molecule has 0 fully saturated rings. The van der Waals surface area contributed by atoms with E-state index < -0.39 is 5.97 Å². The van der Waals surface area contributed by atoms with Crippen molar-refractivity contribution in [3.05, 3.63) is 36.0 Å². The van der Waals surface area contributed by atoms with Crippen molar-refractivity contribution in [2.45, 2.75) is 19.3 Å². The van der Waals surface area contributed by atoms with Gasteiger partial charge in [0.2, 0.25) is 5.91 Å². The van der Waals surface area contributed by atoms with E-state index in [4.69, 9.17) is 4.74 Å². The van der Waals surface area contributed by atoms with Crippen molar-refractivity contribution in [2.75, 3.05) is 12.4 Å². The van der Waals surface area contributed by atoms with E-state index in [1.165, 1.54) is 7.11 Å². The van der Waals surface area contributed by atoms with E-state index in [-0.39, 0.29) is 11.6 Å². The molecule has 22 heavy (non-hydrogen) atoms. The molecule has 0 radical (unpaired) electrons. The summed E-state index contributed by atoms with van der Waals surface area (Å²) < 4.78 is 4.70. The van der Waals surface area contributed by atoms with Crippen molar-refractivity contribution in [3.8, 4) is 0 Å². The average molecular weight is 299 g/mol. The van der Waals surface area contributed by atoms with Crippen LogP contribution in [0.25, 0.3) is 10.9 Å². The molecule has 1 heterocycles. The lowest BCUT2D eigenvalue weighted by molar-refractivity contribution is -0.116. The number of ether oxygens (including phenoxy) is 1. The van der Waals surface area contributed by atoms with Crippen LogP contribution in [0.2, 0.25) is 0 Å². The minimum Gasteiger partial charge on any atom is -0.464 e. The summed E-state index contributed by atoms with van der Waals surface area (Å²) in [6.45, 7) is 0. The van der Waals surface area contributed by atoms with Crippen LogP contribution in [-0.4, -0.2) is 29.2 Å². The first-order valence-corrected chi connectivity index (χ1v) is 7.20. The Morgan fingerprint density at radius 1 is 1.45 bits per heavy atom. The zero-order valence-corrected chi connectivity index (χ0v) is 12.3. The lowest BCUT2D eigenvalue weighted by atomic mass is 10.0. The quantitative estimate of drug-likeness (QED) is 0.671. The molecule has 2 aromatic rings. The molecule has 6 heteroatoms. The van der Waals surface area contributed by atoms with E-state index in [1.807, 2.05) is 0 Å². The number of nitrogens with one attached hydrogen (secondary N) is 2. The van der Waals surface area contributed by atoms with Gasteiger partial charge in [-0.25, -0.2) is 4.79 Å². The fraction of sp³-hybridized carbons (Fsp3) is 0.312. The summed E-state index contributed by atoms with van der Waals surface area (Å²) in [4.78, 5) is 23.7. The van der Waals surface area contributed by atoms with Crippen LogP contribution >= 0.6 is 0 Å². The maximum Gasteiger partial charge on any atom is 0.359 e. The standard InChI is InChI=1S/C16H17N3O3/c1-22-16(21)15-12-9-11(6-7-13(12)18-19-15)17-14(20)8-10-4-2-3-5-10/h2,4,6-7,9-10H,3,5,8H2,1H3,(H,17,20)(H,18,19)/t10-/m0/s1. The van der Waals surface area contributed by atoms with Gasteiger partial charge in [0, 0.05) is 17.5 Å². The van der Waals surface area contributed by atoms with Crippen molar-refractivity contribution in [3.63, 3.8) is 0 Å². The molecule has 114 valence electrons. The van der Waals surface area contributed by atoms with Crippen molar-refractivity contribution < 1.29 is 14.3 Å². The third-order valence-electron chi connectivity index (χ3n) is 3.79. The first kappa shape index (κ1) is 14.3. The molecule has 0 unspecified atom stereocenters. The molecule has 0 saturated heterocycles. The van der Waals surface area contributed by atoms with E-state index in [2.05, 4.69) is 27.7 Å². The lowest BCUT2D eigenvalue weighted by Crippen LogP contribution is -2.14. The Morgan fingerprint density at radius 3 is 3.05 bits per heavy atom. The van der Waals surface area contributed by atoms with Gasteiger partial charge in [0.25, 0.3) is 0 Å². The number of hydrogen-bond acceptors (Lipinski definition) is 4. The van der Waals surface area contributed by atoms with Crippen molar-refractivity contribution in [1.29, 1.82) is 0 Å². The first-order chi connectivity index (χ1) is 10.7. The van der Waals surface area contributed by atoms with E-state index in [1.54, 1.807) is 18.2 Å². The van der Waals surface area contributed by atoms with Crippen molar-refractivity contribution in [2.24, 2.45) is 5.92 Å². The fourth-order valence-corrected chi connectivity index (χ4v) is 2.66. The molecule has 1 aliphatic rings. The smallest absolute Gasteiger partial charge is 0.359 e. The second kappa shape index (κ2) is 6.01. The predicted molar refractivity (Wildman–Crippen MR) is 82.5 cm³/mol. The number of hydrogen-bond donors (Lipinski definition) is 2. The number of esters is 1. The van der Waals surface area contributed by atoms with Gasteiger partial charge in [-0.1, -0.05) is 12.2 Å². The number of carbonyl (C=O) groups excluding carboxylic acids is 2. The number of aromatic nitrogens is 2. The fourth-order valence-electron chi connectivity index (χ4n) is 2.66. The highest BCUT2D eigenvalue weighted by Crippen LogP contribution is 2.23. The normalized spacial score (nSPS) is 16.9. The third-order valence-corrected chi connectivity index (χ3v) is 3.79. The molecule has 1 atom stereocenters. The third kappa shape index (κ3) is 2.86. The summed E-state index contributed by atoms with van der Waals surface area (Å²) in [6.07, 6.45) is 6.75. The van der Waals surface area contributed by atoms with Crippen LogP contribution in [-0.2, 0) is 9.53 Å². The number of nitrogens with zero attached hydrogens (tertiary/aromatic N) is 1. The topological polar surface area (TPSA) is 84.1 Å². The summed E-state index contributed by atoms with van der Waals surface area (Å²) in [5.41, 5.74) is 1.58. The Kier molecular flexibility index (Phi) is 3.91. The number of fused-ring (bicyclic) bond motifs is 1. The summed E-state index contributed by atoms with van der Waals surface area (Å²) >= 11 is 0. The highest BCUT2D eigenvalue weighted by atomic mass is 16.5. The van der Waals surface area contributed by atoms with Crippen LogP contribution in [0.5, 0.6) is 0 Å². The van der Waals surface area contributed by atoms with Gasteiger partial charge in [0.05, 0.1) is 12.6 Å². The van der Waals surface area contributed by atoms with Gasteiger partial charge in [-0.2, -0.15) is 5.10 Å². The zero-order valence-electron chi connectivity index (χ0n) is 12.3. The minimum atomic E-state index is -0.509. The zero-order chi connectivity index (χ0) is 15.5. The van der Waals surface area contributed by atoms with Crippen molar-refractivity contribution >= 4 is 28.5 Å². The molecule has 0 aliphatic heterocycles. The van der Waals surface area contributed by atoms with Crippen LogP contribution in [0.1, 0.15) is 29.8 Å². The number of aromatic amines is 1. The number of amides is 1. The molecule has 0 saturated carbocycles. The summed E-state index contributed by atoms with van der Waals surface area (Å²) in [7, 11) is 1.31. The van der Waals surface area contributed by atoms with Gasteiger partial charge in [0.15, 0.2) is 5.69 Å². The Balaban J connectivity index is 1.77. The Morgan fingerprint density at radius 2 is 2.32 bits per heavy atom. The van der Waals surface area contributed by atoms with Gasteiger partial charge < -0.3 is 10.1 Å². The van der Waals surface area contributed by atoms with Gasteiger partial charge in [-0.05, 0) is 37.0 Å². The SMILES string of the molecule is COC(=O)c1n[nH]c2ccc(NC(=O)C[C@H]3C=CCC3)cc12. The molecule has 1 aromatic heterocycles. The molecular formula is C16H17N3O3. The average Bonchev–Trinajstić information content (AvgIpc) is 3.15. The lowest BCUT2D eigenvalue weighted by Gasteiger charge is -2.09. The number of rotatable bonds is 4. The number of allylic oxidation sites excluding steroid dienone is 2. The van der Waals surface area contributed by atoms with E-state index in [0.29, 0.717) is 23.4 Å². The molecule has 2 N–H and O–H groups in total. The molecule has 0 bridgehead atoms. The number of benzene rings is 1.